The van der Waals surface area contributed by atoms with Gasteiger partial charge in [-0.15, -0.1) is 0 Å². The lowest BCUT2D eigenvalue weighted by atomic mass is 9.58. The molecule has 0 aromatic heterocycles. The molecular formula is C38H46BrO6P. The number of hydrogen-bond acceptors (Lipinski definition) is 6. The van der Waals surface area contributed by atoms with Gasteiger partial charge in [0.15, 0.2) is 11.9 Å². The van der Waals surface area contributed by atoms with Crippen molar-refractivity contribution in [1.29, 1.82) is 0 Å². The maximum absolute atomic E-state index is 13.4. The second-order valence-electron chi connectivity index (χ2n) is 13.8. The van der Waals surface area contributed by atoms with Crippen molar-refractivity contribution in [2.75, 3.05) is 6.16 Å². The molecule has 1 saturated carbocycles. The van der Waals surface area contributed by atoms with E-state index in [-0.39, 0.29) is 40.7 Å². The fourth-order valence-corrected chi connectivity index (χ4v) is 13.1. The summed E-state index contributed by atoms with van der Waals surface area (Å²) in [7, 11) is -1.93. The zero-order chi connectivity index (χ0) is 31.1. The Labute approximate surface area is 284 Å². The molecule has 3 aromatic carbocycles. The summed E-state index contributed by atoms with van der Waals surface area (Å²) in [6.07, 6.45) is 5.53. The van der Waals surface area contributed by atoms with Gasteiger partial charge in [-0.1, -0.05) is 68.4 Å². The second-order valence-corrected chi connectivity index (χ2v) is 17.4. The number of fused-ring (bicyclic) bond motifs is 2. The van der Waals surface area contributed by atoms with Gasteiger partial charge in [0, 0.05) is 24.7 Å². The van der Waals surface area contributed by atoms with Crippen molar-refractivity contribution in [1.82, 2.24) is 0 Å². The lowest BCUT2D eigenvalue weighted by molar-refractivity contribution is -0.576. The zero-order valence-corrected chi connectivity index (χ0v) is 29.5. The SMILES string of the molecule is C[C@H]1[C@H](OC(=O)CCCC[P+](c2ccccc2)(c2ccccc2)c2ccccc2)O[C@@H]2O[C@@]3(C)CC[C@H]4[C@H](C)CC[C@@H]1[C@@]24OO3.[Br-]. The average molecular weight is 710 g/mol. The van der Waals surface area contributed by atoms with Crippen LogP contribution in [0.15, 0.2) is 91.0 Å². The van der Waals surface area contributed by atoms with Crippen molar-refractivity contribution in [2.24, 2.45) is 23.7 Å². The fraction of sp³-hybridized carbons (Fsp3) is 0.500. The monoisotopic (exact) mass is 708 g/mol. The molecule has 0 N–H and O–H groups in total. The van der Waals surface area contributed by atoms with Gasteiger partial charge in [-0.3, -0.25) is 4.79 Å². The highest BCUT2D eigenvalue weighted by Crippen LogP contribution is 2.61. The van der Waals surface area contributed by atoms with Gasteiger partial charge < -0.3 is 31.2 Å². The number of halogens is 1. The Morgan fingerprint density at radius 3 is 1.98 bits per heavy atom. The maximum Gasteiger partial charge on any atom is 0.308 e. The second kappa shape index (κ2) is 13.8. The van der Waals surface area contributed by atoms with Crippen LogP contribution in [0.5, 0.6) is 0 Å². The highest BCUT2D eigenvalue weighted by atomic mass is 79.9. The van der Waals surface area contributed by atoms with Crippen molar-refractivity contribution >= 4 is 29.1 Å². The molecule has 8 rings (SSSR count). The number of carbonyl (C=O) groups excluding carboxylic acids is 1. The van der Waals surface area contributed by atoms with Crippen LogP contribution in [0, 0.1) is 23.7 Å². The first-order valence-electron chi connectivity index (χ1n) is 16.8. The largest absolute Gasteiger partial charge is 1.00 e. The van der Waals surface area contributed by atoms with E-state index >= 15 is 0 Å². The third-order valence-corrected chi connectivity index (χ3v) is 15.6. The van der Waals surface area contributed by atoms with E-state index in [0.717, 1.165) is 44.7 Å². The van der Waals surface area contributed by atoms with E-state index in [1.54, 1.807) is 0 Å². The highest BCUT2D eigenvalue weighted by molar-refractivity contribution is 7.95. The van der Waals surface area contributed by atoms with Crippen LogP contribution in [0.4, 0.5) is 0 Å². The summed E-state index contributed by atoms with van der Waals surface area (Å²) in [6, 6.07) is 32.7. The molecule has 0 amide bonds. The van der Waals surface area contributed by atoms with E-state index in [2.05, 4.69) is 105 Å². The topological polar surface area (TPSA) is 63.2 Å². The molecule has 1 aliphatic carbocycles. The van der Waals surface area contributed by atoms with Gasteiger partial charge in [0.2, 0.25) is 12.1 Å². The molecular weight excluding hydrogens is 663 g/mol. The summed E-state index contributed by atoms with van der Waals surface area (Å²) in [5, 5.41) is 4.09. The van der Waals surface area contributed by atoms with Crippen molar-refractivity contribution < 1.29 is 45.8 Å². The predicted molar refractivity (Wildman–Crippen MR) is 177 cm³/mol. The molecule has 246 valence electrons. The minimum atomic E-state index is -1.93. The van der Waals surface area contributed by atoms with Crippen molar-refractivity contribution in [3.63, 3.8) is 0 Å². The van der Waals surface area contributed by atoms with Gasteiger partial charge in [0.25, 0.3) is 0 Å². The predicted octanol–water partition coefficient (Wildman–Crippen LogP) is 3.91. The molecule has 5 fully saturated rings. The zero-order valence-electron chi connectivity index (χ0n) is 27.1. The molecule has 0 unspecified atom stereocenters. The van der Waals surface area contributed by atoms with Crippen LogP contribution in [-0.4, -0.2) is 36.1 Å². The average Bonchev–Trinajstić information content (AvgIpc) is 3.30. The summed E-state index contributed by atoms with van der Waals surface area (Å²) < 4.78 is 19.0. The van der Waals surface area contributed by atoms with Crippen LogP contribution in [0.1, 0.15) is 65.7 Å². The lowest BCUT2D eigenvalue weighted by Gasteiger charge is -2.59. The van der Waals surface area contributed by atoms with Crippen molar-refractivity contribution in [3.05, 3.63) is 91.0 Å². The molecule has 1 spiro atoms. The molecule has 46 heavy (non-hydrogen) atoms. The summed E-state index contributed by atoms with van der Waals surface area (Å²) in [5.41, 5.74) is -0.657. The van der Waals surface area contributed by atoms with Gasteiger partial charge in [0.1, 0.15) is 23.2 Å². The summed E-state index contributed by atoms with van der Waals surface area (Å²) >= 11 is 0. The smallest absolute Gasteiger partial charge is 0.308 e. The number of carbonyl (C=O) groups is 1. The van der Waals surface area contributed by atoms with Gasteiger partial charge >= 0.3 is 5.97 Å². The third kappa shape index (κ3) is 5.90. The first-order valence-corrected chi connectivity index (χ1v) is 18.8. The Kier molecular flexibility index (Phi) is 10.1. The number of benzene rings is 3. The van der Waals surface area contributed by atoms with Crippen LogP contribution >= 0.6 is 7.26 Å². The van der Waals surface area contributed by atoms with Crippen molar-refractivity contribution in [2.45, 2.75) is 89.7 Å². The molecule has 3 aromatic rings. The van der Waals surface area contributed by atoms with Crippen LogP contribution in [0.2, 0.25) is 0 Å². The van der Waals surface area contributed by atoms with Crippen LogP contribution in [0.3, 0.4) is 0 Å². The number of ether oxygens (including phenoxy) is 3. The molecule has 4 aliphatic heterocycles. The van der Waals surface area contributed by atoms with E-state index < -0.39 is 31.2 Å². The molecule has 2 bridgehead atoms. The summed E-state index contributed by atoms with van der Waals surface area (Å²) in [6.45, 7) is 6.35. The van der Waals surface area contributed by atoms with Crippen molar-refractivity contribution in [3.8, 4) is 0 Å². The van der Waals surface area contributed by atoms with Crippen LogP contribution in [-0.2, 0) is 28.8 Å². The minimum absolute atomic E-state index is 0. The van der Waals surface area contributed by atoms with Crippen LogP contribution < -0.4 is 32.9 Å². The van der Waals surface area contributed by atoms with E-state index in [9.17, 15) is 4.79 Å². The van der Waals surface area contributed by atoms with E-state index in [0.29, 0.717) is 12.3 Å². The number of rotatable bonds is 9. The Bertz CT molecular complexity index is 1360. The quantitative estimate of drug-likeness (QED) is 0.146. The van der Waals surface area contributed by atoms with Gasteiger partial charge in [-0.2, -0.15) is 0 Å². The van der Waals surface area contributed by atoms with Gasteiger partial charge in [-0.25, -0.2) is 9.78 Å². The molecule has 8 heteroatoms. The Balaban J connectivity index is 0.00000372. The normalized spacial score (nSPS) is 33.3. The van der Waals surface area contributed by atoms with Gasteiger partial charge in [-0.05, 0) is 87.3 Å². The van der Waals surface area contributed by atoms with E-state index in [1.165, 1.54) is 15.9 Å². The third-order valence-electron chi connectivity index (χ3n) is 11.1. The number of hydrogen-bond donors (Lipinski definition) is 0. The minimum Gasteiger partial charge on any atom is -1.00 e. The van der Waals surface area contributed by atoms with E-state index in [4.69, 9.17) is 24.0 Å². The summed E-state index contributed by atoms with van der Waals surface area (Å²) in [4.78, 5) is 25.5. The fourth-order valence-electron chi connectivity index (χ4n) is 8.70. The lowest BCUT2D eigenvalue weighted by Crippen LogP contribution is -3.00. The molecule has 4 heterocycles. The number of unbranched alkanes of at least 4 members (excludes halogenated alkanes) is 1. The Hall–Kier alpha value is -2.12. The molecule has 5 aliphatic rings. The Morgan fingerprint density at radius 2 is 1.39 bits per heavy atom. The first-order chi connectivity index (χ1) is 21.9. The van der Waals surface area contributed by atoms with Crippen LogP contribution in [0.25, 0.3) is 0 Å². The first kappa shape index (κ1) is 33.8. The molecule has 0 radical (unpaired) electrons. The molecule has 6 nitrogen and oxygen atoms in total. The maximum atomic E-state index is 13.4. The number of esters is 1. The van der Waals surface area contributed by atoms with Gasteiger partial charge in [0.05, 0.1) is 6.16 Å². The summed E-state index contributed by atoms with van der Waals surface area (Å²) in [5.74, 6) is -0.183. The molecule has 4 saturated heterocycles. The van der Waals surface area contributed by atoms with E-state index in [1.807, 2.05) is 6.92 Å². The standard InChI is InChI=1S/C38H46O6P.BrH/c1-27-22-23-33-28(2)35(41-36-38(33)32(27)24-25-37(3,42-36)43-44-38)40-34(39)21-13-14-26-45(29-15-7-4-8-16-29,30-17-9-5-10-18-30)31-19-11-6-12-20-31;/h4-12,15-20,27-28,32-33,35-36H,13-14,21-26H2,1-3H3;1H/q+1;/p-1/t27-,28-,32+,33+,35-,36-,37-,38-;/m1./s1. The molecule has 8 atom stereocenters. The Morgan fingerprint density at radius 1 is 0.804 bits per heavy atom. The highest BCUT2D eigenvalue weighted by Gasteiger charge is 2.69.